The number of rotatable bonds is 5. The van der Waals surface area contributed by atoms with Gasteiger partial charge in [0.15, 0.2) is 12.5 Å². The summed E-state index contributed by atoms with van der Waals surface area (Å²) >= 11 is 0. The van der Waals surface area contributed by atoms with Gasteiger partial charge in [-0.3, -0.25) is 0 Å². The molecule has 0 spiro atoms. The minimum Gasteiger partial charge on any atom is -0.478 e. The van der Waals surface area contributed by atoms with Gasteiger partial charge < -0.3 is 19.7 Å². The lowest BCUT2D eigenvalue weighted by molar-refractivity contribution is 0.0461. The van der Waals surface area contributed by atoms with Crippen LogP contribution in [0.2, 0.25) is 0 Å². The first-order valence-corrected chi connectivity index (χ1v) is 4.29. The summed E-state index contributed by atoms with van der Waals surface area (Å²) < 4.78 is 9.56. The summed E-state index contributed by atoms with van der Waals surface area (Å²) in [5.41, 5.74) is -0.422. The molecule has 0 aliphatic heterocycles. The molecule has 6 heteroatoms. The number of hydrogen-bond acceptors (Lipinski definition) is 4. The lowest BCUT2D eigenvalue weighted by Crippen LogP contribution is -2.10. The van der Waals surface area contributed by atoms with Gasteiger partial charge in [-0.1, -0.05) is 6.07 Å². The summed E-state index contributed by atoms with van der Waals surface area (Å²) in [5, 5.41) is 17.7. The molecule has 0 heterocycles. The molecule has 0 unspecified atom stereocenters. The molecule has 0 aliphatic rings. The van der Waals surface area contributed by atoms with Crippen LogP contribution in [0.5, 0.6) is 5.75 Å². The molecule has 0 radical (unpaired) electrons. The Bertz CT molecular complexity index is 380. The SMILES string of the molecule is COCOc1c(C(=O)O)cccc1C(=O)O. The summed E-state index contributed by atoms with van der Waals surface area (Å²) in [5.74, 6) is -2.72. The Kier molecular flexibility index (Phi) is 3.84. The van der Waals surface area contributed by atoms with Crippen molar-refractivity contribution in [3.63, 3.8) is 0 Å². The van der Waals surface area contributed by atoms with Gasteiger partial charge in [0.2, 0.25) is 0 Å². The predicted molar refractivity (Wildman–Crippen MR) is 52.9 cm³/mol. The van der Waals surface area contributed by atoms with Gasteiger partial charge in [-0.25, -0.2) is 9.59 Å². The Labute approximate surface area is 91.0 Å². The second-order valence-corrected chi connectivity index (χ2v) is 2.84. The lowest BCUT2D eigenvalue weighted by atomic mass is 10.1. The summed E-state index contributed by atoms with van der Waals surface area (Å²) in [6, 6.07) is 3.87. The highest BCUT2D eigenvalue weighted by Gasteiger charge is 2.19. The molecule has 0 atom stereocenters. The molecule has 16 heavy (non-hydrogen) atoms. The van der Waals surface area contributed by atoms with E-state index in [1.54, 1.807) is 0 Å². The van der Waals surface area contributed by atoms with Gasteiger partial charge in [-0.15, -0.1) is 0 Å². The fourth-order valence-corrected chi connectivity index (χ4v) is 1.15. The minimum absolute atomic E-state index is 0.204. The fraction of sp³-hybridized carbons (Fsp3) is 0.200. The number of carbonyl (C=O) groups is 2. The van der Waals surface area contributed by atoms with Crippen molar-refractivity contribution in [1.82, 2.24) is 0 Å². The molecule has 0 saturated heterocycles. The number of carboxylic acids is 2. The summed E-state index contributed by atoms with van der Waals surface area (Å²) in [6.07, 6.45) is 0. The van der Waals surface area contributed by atoms with E-state index in [0.717, 1.165) is 0 Å². The summed E-state index contributed by atoms with van der Waals surface area (Å²) in [4.78, 5) is 21.7. The monoisotopic (exact) mass is 226 g/mol. The number of aromatic carboxylic acids is 2. The third kappa shape index (κ3) is 2.48. The number of hydrogen-bond donors (Lipinski definition) is 2. The minimum atomic E-state index is -1.26. The van der Waals surface area contributed by atoms with E-state index in [1.165, 1.54) is 25.3 Å². The van der Waals surface area contributed by atoms with Crippen LogP contribution in [0.3, 0.4) is 0 Å². The molecule has 0 fully saturated rings. The molecule has 2 N–H and O–H groups in total. The molecule has 0 amide bonds. The molecule has 0 saturated carbocycles. The van der Waals surface area contributed by atoms with Gasteiger partial charge in [0, 0.05) is 7.11 Å². The van der Waals surface area contributed by atoms with Crippen LogP contribution in [0.1, 0.15) is 20.7 Å². The van der Waals surface area contributed by atoms with Crippen LogP contribution in [0.15, 0.2) is 18.2 Å². The van der Waals surface area contributed by atoms with E-state index in [2.05, 4.69) is 4.74 Å². The molecule has 1 aromatic carbocycles. The first-order chi connectivity index (χ1) is 7.57. The average molecular weight is 226 g/mol. The van der Waals surface area contributed by atoms with Crippen molar-refractivity contribution in [2.24, 2.45) is 0 Å². The van der Waals surface area contributed by atoms with Gasteiger partial charge in [0.05, 0.1) is 0 Å². The van der Waals surface area contributed by atoms with E-state index in [4.69, 9.17) is 14.9 Å². The highest BCUT2D eigenvalue weighted by atomic mass is 16.7. The lowest BCUT2D eigenvalue weighted by Gasteiger charge is -2.10. The van der Waals surface area contributed by atoms with Crippen LogP contribution >= 0.6 is 0 Å². The zero-order valence-electron chi connectivity index (χ0n) is 8.47. The maximum atomic E-state index is 10.8. The number of carboxylic acid groups (broad SMARTS) is 2. The molecule has 0 bridgehead atoms. The van der Waals surface area contributed by atoms with Crippen LogP contribution in [0, 0.1) is 0 Å². The van der Waals surface area contributed by atoms with Crippen molar-refractivity contribution in [3.05, 3.63) is 29.3 Å². The molecular weight excluding hydrogens is 216 g/mol. The smallest absolute Gasteiger partial charge is 0.339 e. The Morgan fingerprint density at radius 2 is 1.69 bits per heavy atom. The zero-order chi connectivity index (χ0) is 12.1. The van der Waals surface area contributed by atoms with Crippen molar-refractivity contribution < 1.29 is 29.3 Å². The van der Waals surface area contributed by atoms with E-state index in [-0.39, 0.29) is 23.7 Å². The topological polar surface area (TPSA) is 93.1 Å². The van der Waals surface area contributed by atoms with Gasteiger partial charge in [0.1, 0.15) is 11.1 Å². The molecule has 86 valence electrons. The molecular formula is C10H10O6. The first kappa shape index (κ1) is 12.0. The van der Waals surface area contributed by atoms with E-state index in [0.29, 0.717) is 0 Å². The van der Waals surface area contributed by atoms with Gasteiger partial charge in [0.25, 0.3) is 0 Å². The summed E-state index contributed by atoms with van der Waals surface area (Å²) in [6.45, 7) is -0.218. The summed E-state index contributed by atoms with van der Waals surface area (Å²) in [7, 11) is 1.35. The van der Waals surface area contributed by atoms with Crippen LogP contribution in [-0.2, 0) is 4.74 Å². The first-order valence-electron chi connectivity index (χ1n) is 4.29. The molecule has 1 aromatic rings. The van der Waals surface area contributed by atoms with Crippen molar-refractivity contribution in [2.45, 2.75) is 0 Å². The number of benzene rings is 1. The largest absolute Gasteiger partial charge is 0.478 e. The normalized spacial score (nSPS) is 9.81. The number of methoxy groups -OCH3 is 1. The van der Waals surface area contributed by atoms with Gasteiger partial charge in [-0.05, 0) is 12.1 Å². The third-order valence-electron chi connectivity index (χ3n) is 1.80. The average Bonchev–Trinajstić information content (AvgIpc) is 2.25. The third-order valence-corrected chi connectivity index (χ3v) is 1.80. The molecule has 0 aromatic heterocycles. The molecule has 0 aliphatic carbocycles. The zero-order valence-corrected chi connectivity index (χ0v) is 8.47. The van der Waals surface area contributed by atoms with Crippen LogP contribution < -0.4 is 4.74 Å². The standard InChI is InChI=1S/C10H10O6/c1-15-5-16-8-6(9(11)12)3-2-4-7(8)10(13)14/h2-4H,5H2,1H3,(H,11,12)(H,13,14). The van der Waals surface area contributed by atoms with E-state index >= 15 is 0 Å². The van der Waals surface area contributed by atoms with Gasteiger partial charge in [-0.2, -0.15) is 0 Å². The molecule has 6 nitrogen and oxygen atoms in total. The molecule has 1 rings (SSSR count). The van der Waals surface area contributed by atoms with Crippen LogP contribution in [0.4, 0.5) is 0 Å². The fourth-order valence-electron chi connectivity index (χ4n) is 1.15. The van der Waals surface area contributed by atoms with Crippen molar-refractivity contribution in [3.8, 4) is 5.75 Å². The van der Waals surface area contributed by atoms with Crippen LogP contribution in [-0.4, -0.2) is 36.1 Å². The van der Waals surface area contributed by atoms with E-state index in [1.807, 2.05) is 0 Å². The maximum Gasteiger partial charge on any atom is 0.339 e. The van der Waals surface area contributed by atoms with Crippen molar-refractivity contribution >= 4 is 11.9 Å². The van der Waals surface area contributed by atoms with Gasteiger partial charge >= 0.3 is 11.9 Å². The Hall–Kier alpha value is -2.08. The second kappa shape index (κ2) is 5.13. The van der Waals surface area contributed by atoms with Crippen LogP contribution in [0.25, 0.3) is 0 Å². The second-order valence-electron chi connectivity index (χ2n) is 2.84. The highest BCUT2D eigenvalue weighted by molar-refractivity contribution is 5.98. The van der Waals surface area contributed by atoms with Crippen molar-refractivity contribution in [2.75, 3.05) is 13.9 Å². The highest BCUT2D eigenvalue weighted by Crippen LogP contribution is 2.24. The Morgan fingerprint density at radius 1 is 1.19 bits per heavy atom. The Morgan fingerprint density at radius 3 is 2.06 bits per heavy atom. The van der Waals surface area contributed by atoms with Crippen molar-refractivity contribution in [1.29, 1.82) is 0 Å². The maximum absolute atomic E-state index is 10.8. The predicted octanol–water partition coefficient (Wildman–Crippen LogP) is 1.07. The van der Waals surface area contributed by atoms with E-state index in [9.17, 15) is 9.59 Å². The number of para-hydroxylation sites is 1. The number of ether oxygens (including phenoxy) is 2. The quantitative estimate of drug-likeness (QED) is 0.729. The van der Waals surface area contributed by atoms with E-state index < -0.39 is 11.9 Å². The Balaban J connectivity index is 3.23.